The van der Waals surface area contributed by atoms with E-state index in [-0.39, 0.29) is 5.56 Å². The van der Waals surface area contributed by atoms with E-state index in [1.54, 1.807) is 6.20 Å². The minimum Gasteiger partial charge on any atom is -0.323 e. The van der Waals surface area contributed by atoms with Crippen LogP contribution in [0.15, 0.2) is 29.3 Å². The van der Waals surface area contributed by atoms with Crippen LogP contribution in [-0.4, -0.2) is 10.2 Å². The van der Waals surface area contributed by atoms with Gasteiger partial charge in [-0.05, 0) is 29.9 Å². The van der Waals surface area contributed by atoms with Crippen molar-refractivity contribution in [2.75, 3.05) is 0 Å². The SMILES string of the molecule is CC1C[C@@H]1c1cc[n+](O)c2c(=O)[nH]ccc12. The number of nitrogens with one attached hydrogen (secondary N) is 1. The maximum Gasteiger partial charge on any atom is 0.329 e. The average molecular weight is 217 g/mol. The first-order valence-electron chi connectivity index (χ1n) is 5.43. The van der Waals surface area contributed by atoms with Gasteiger partial charge in [0.05, 0.1) is 5.39 Å². The molecule has 1 unspecified atom stereocenters. The molecular weight excluding hydrogens is 204 g/mol. The Bertz CT molecular complexity index is 618. The Kier molecular flexibility index (Phi) is 1.80. The van der Waals surface area contributed by atoms with Crippen molar-refractivity contribution in [1.29, 1.82) is 0 Å². The van der Waals surface area contributed by atoms with Crippen LogP contribution in [0.1, 0.15) is 24.8 Å². The van der Waals surface area contributed by atoms with Gasteiger partial charge in [-0.25, -0.2) is 0 Å². The zero-order valence-corrected chi connectivity index (χ0v) is 8.97. The zero-order chi connectivity index (χ0) is 11.3. The number of hydrogen-bond donors (Lipinski definition) is 2. The van der Waals surface area contributed by atoms with Crippen molar-refractivity contribution in [3.63, 3.8) is 0 Å². The highest BCUT2D eigenvalue weighted by Gasteiger charge is 2.36. The first kappa shape index (κ1) is 9.39. The van der Waals surface area contributed by atoms with E-state index in [4.69, 9.17) is 0 Å². The number of H-pyrrole nitrogens is 1. The zero-order valence-electron chi connectivity index (χ0n) is 8.97. The first-order valence-corrected chi connectivity index (χ1v) is 5.43. The summed E-state index contributed by atoms with van der Waals surface area (Å²) in [7, 11) is 0. The molecule has 2 N–H and O–H groups in total. The Morgan fingerprint density at radius 1 is 1.50 bits per heavy atom. The van der Waals surface area contributed by atoms with E-state index in [1.165, 1.54) is 11.8 Å². The molecule has 2 heterocycles. The van der Waals surface area contributed by atoms with Crippen LogP contribution in [0.25, 0.3) is 10.9 Å². The van der Waals surface area contributed by atoms with Crippen molar-refractivity contribution in [3.05, 3.63) is 40.4 Å². The lowest BCUT2D eigenvalue weighted by molar-refractivity contribution is -0.885. The fourth-order valence-electron chi connectivity index (χ4n) is 2.32. The monoisotopic (exact) mass is 217 g/mol. The Morgan fingerprint density at radius 2 is 2.25 bits per heavy atom. The van der Waals surface area contributed by atoms with E-state index in [2.05, 4.69) is 11.9 Å². The molecule has 2 aromatic rings. The van der Waals surface area contributed by atoms with Gasteiger partial charge in [0, 0.05) is 17.0 Å². The van der Waals surface area contributed by atoms with Crippen LogP contribution in [0.2, 0.25) is 0 Å². The molecule has 1 saturated carbocycles. The van der Waals surface area contributed by atoms with Gasteiger partial charge in [0.1, 0.15) is 0 Å². The normalized spacial score (nSPS) is 23.6. The quantitative estimate of drug-likeness (QED) is 0.556. The molecule has 0 aromatic carbocycles. The van der Waals surface area contributed by atoms with Crippen molar-refractivity contribution in [1.82, 2.24) is 4.98 Å². The summed E-state index contributed by atoms with van der Waals surface area (Å²) in [6.07, 6.45) is 4.33. The molecule has 2 atom stereocenters. The second-order valence-electron chi connectivity index (χ2n) is 4.50. The third-order valence-electron chi connectivity index (χ3n) is 3.38. The molecule has 4 nitrogen and oxygen atoms in total. The summed E-state index contributed by atoms with van der Waals surface area (Å²) in [6, 6.07) is 3.75. The Balaban J connectivity index is 2.36. The van der Waals surface area contributed by atoms with E-state index >= 15 is 0 Å². The van der Waals surface area contributed by atoms with Gasteiger partial charge in [0.25, 0.3) is 0 Å². The smallest absolute Gasteiger partial charge is 0.323 e. The molecular formula is C12H13N2O2+. The van der Waals surface area contributed by atoms with E-state index in [9.17, 15) is 10.0 Å². The molecule has 1 aliphatic carbocycles. The Labute approximate surface area is 92.1 Å². The number of aromatic nitrogens is 2. The topological polar surface area (TPSA) is 57.0 Å². The minimum atomic E-state index is -0.254. The molecule has 2 aromatic heterocycles. The van der Waals surface area contributed by atoms with Gasteiger partial charge >= 0.3 is 11.1 Å². The van der Waals surface area contributed by atoms with Crippen molar-refractivity contribution in [2.24, 2.45) is 5.92 Å². The molecule has 3 rings (SSSR count). The molecule has 82 valence electrons. The summed E-state index contributed by atoms with van der Waals surface area (Å²) in [4.78, 5) is 14.2. The number of rotatable bonds is 1. The Morgan fingerprint density at radius 3 is 2.94 bits per heavy atom. The number of nitrogens with zero attached hydrogens (tertiary/aromatic N) is 1. The van der Waals surface area contributed by atoms with Crippen LogP contribution in [0.3, 0.4) is 0 Å². The highest BCUT2D eigenvalue weighted by atomic mass is 16.5. The molecule has 0 aliphatic heterocycles. The average Bonchev–Trinajstić information content (AvgIpc) is 2.96. The summed E-state index contributed by atoms with van der Waals surface area (Å²) in [5.41, 5.74) is 1.24. The second kappa shape index (κ2) is 3.07. The molecule has 1 fully saturated rings. The molecule has 0 amide bonds. The van der Waals surface area contributed by atoms with Crippen molar-refractivity contribution < 1.29 is 9.94 Å². The van der Waals surface area contributed by atoms with Crippen molar-refractivity contribution >= 4 is 10.9 Å². The molecule has 0 saturated heterocycles. The number of aromatic amines is 1. The van der Waals surface area contributed by atoms with Crippen molar-refractivity contribution in [2.45, 2.75) is 19.3 Å². The number of hydrogen-bond acceptors (Lipinski definition) is 2. The molecule has 0 spiro atoms. The predicted octanol–water partition coefficient (Wildman–Crippen LogP) is 1.18. The lowest BCUT2D eigenvalue weighted by Gasteiger charge is -2.01. The summed E-state index contributed by atoms with van der Waals surface area (Å²) < 4.78 is 0.894. The highest BCUT2D eigenvalue weighted by molar-refractivity contribution is 5.79. The fourth-order valence-corrected chi connectivity index (χ4v) is 2.32. The number of pyridine rings is 2. The van der Waals surface area contributed by atoms with Crippen LogP contribution < -0.4 is 10.3 Å². The first-order chi connectivity index (χ1) is 7.68. The van der Waals surface area contributed by atoms with Gasteiger partial charge in [-0.3, -0.25) is 10.0 Å². The minimum absolute atomic E-state index is 0.254. The summed E-state index contributed by atoms with van der Waals surface area (Å²) in [5, 5.41) is 10.5. The number of fused-ring (bicyclic) bond motifs is 1. The lowest BCUT2D eigenvalue weighted by atomic mass is 10.1. The largest absolute Gasteiger partial charge is 0.329 e. The molecule has 1 aliphatic rings. The fraction of sp³-hybridized carbons (Fsp3) is 0.333. The van der Waals surface area contributed by atoms with Crippen LogP contribution in [-0.2, 0) is 0 Å². The van der Waals surface area contributed by atoms with Crippen LogP contribution >= 0.6 is 0 Å². The van der Waals surface area contributed by atoms with Crippen molar-refractivity contribution in [3.8, 4) is 0 Å². The van der Waals surface area contributed by atoms with E-state index < -0.39 is 0 Å². The molecule has 16 heavy (non-hydrogen) atoms. The van der Waals surface area contributed by atoms with Crippen LogP contribution in [0.4, 0.5) is 0 Å². The van der Waals surface area contributed by atoms with Gasteiger partial charge in [-0.2, -0.15) is 0 Å². The Hall–Kier alpha value is -1.84. The van der Waals surface area contributed by atoms with Gasteiger partial charge in [-0.15, -0.1) is 0 Å². The molecule has 0 radical (unpaired) electrons. The predicted molar refractivity (Wildman–Crippen MR) is 58.5 cm³/mol. The second-order valence-corrected chi connectivity index (χ2v) is 4.50. The van der Waals surface area contributed by atoms with Gasteiger partial charge < -0.3 is 4.98 Å². The van der Waals surface area contributed by atoms with Gasteiger partial charge in [0.2, 0.25) is 6.20 Å². The maximum absolute atomic E-state index is 11.6. The molecule has 4 heteroatoms. The molecule has 0 bridgehead atoms. The highest BCUT2D eigenvalue weighted by Crippen LogP contribution is 2.48. The third kappa shape index (κ3) is 1.23. The van der Waals surface area contributed by atoms with Crippen LogP contribution in [0.5, 0.6) is 0 Å². The summed E-state index contributed by atoms with van der Waals surface area (Å²) in [6.45, 7) is 2.20. The van der Waals surface area contributed by atoms with E-state index in [1.807, 2.05) is 12.1 Å². The van der Waals surface area contributed by atoms with Gasteiger partial charge in [-0.1, -0.05) is 6.92 Å². The maximum atomic E-state index is 11.6. The van der Waals surface area contributed by atoms with Crippen LogP contribution in [0, 0.1) is 5.92 Å². The van der Waals surface area contributed by atoms with E-state index in [0.717, 1.165) is 16.5 Å². The third-order valence-corrected chi connectivity index (χ3v) is 3.38. The standard InChI is InChI=1S/C12H12N2O2/c1-7-6-10(7)8-3-5-14(16)11-9(8)2-4-13-12(11)15/h2-5,7,10H,6H2,1H3,(H-,13,15,16)/p+1/t7?,10-/m0/s1. The summed E-state index contributed by atoms with van der Waals surface area (Å²) in [5.74, 6) is 1.21. The lowest BCUT2D eigenvalue weighted by Crippen LogP contribution is -2.35. The summed E-state index contributed by atoms with van der Waals surface area (Å²) >= 11 is 0. The van der Waals surface area contributed by atoms with E-state index in [0.29, 0.717) is 17.4 Å². The van der Waals surface area contributed by atoms with Gasteiger partial charge in [0.15, 0.2) is 0 Å².